The summed E-state index contributed by atoms with van der Waals surface area (Å²) in [6.07, 6.45) is -4.38. The predicted octanol–water partition coefficient (Wildman–Crippen LogP) is 3.77. The zero-order chi connectivity index (χ0) is 13.3. The van der Waals surface area contributed by atoms with E-state index in [1.54, 1.807) is 13.0 Å². The molecule has 1 aromatic carbocycles. The molecule has 0 saturated carbocycles. The van der Waals surface area contributed by atoms with E-state index in [1.807, 2.05) is 0 Å². The highest BCUT2D eigenvalue weighted by molar-refractivity contribution is 5.63. The second-order valence-corrected chi connectivity index (χ2v) is 3.95. The van der Waals surface area contributed by atoms with Crippen LogP contribution >= 0.6 is 0 Å². The van der Waals surface area contributed by atoms with Crippen LogP contribution in [0.4, 0.5) is 13.2 Å². The minimum absolute atomic E-state index is 0.280. The third-order valence-electron chi connectivity index (χ3n) is 2.65. The Morgan fingerprint density at radius 1 is 1.17 bits per heavy atom. The Morgan fingerprint density at radius 2 is 1.89 bits per heavy atom. The first-order chi connectivity index (χ1) is 8.41. The van der Waals surface area contributed by atoms with Crippen molar-refractivity contribution in [3.8, 4) is 11.3 Å². The van der Waals surface area contributed by atoms with Gasteiger partial charge in [0.15, 0.2) is 0 Å². The minimum atomic E-state index is -4.38. The van der Waals surface area contributed by atoms with Crippen molar-refractivity contribution in [3.63, 3.8) is 0 Å². The number of aliphatic hydroxyl groups is 1. The van der Waals surface area contributed by atoms with Crippen LogP contribution in [0.15, 0.2) is 34.7 Å². The first-order valence-corrected chi connectivity index (χ1v) is 5.29. The van der Waals surface area contributed by atoms with Gasteiger partial charge in [0.1, 0.15) is 18.1 Å². The summed E-state index contributed by atoms with van der Waals surface area (Å²) < 4.78 is 43.1. The predicted molar refractivity (Wildman–Crippen MR) is 59.8 cm³/mol. The molecule has 2 nitrogen and oxygen atoms in total. The highest BCUT2D eigenvalue weighted by Gasteiger charge is 2.31. The van der Waals surface area contributed by atoms with Gasteiger partial charge in [0, 0.05) is 5.56 Å². The van der Waals surface area contributed by atoms with Crippen LogP contribution in [0.3, 0.4) is 0 Å². The summed E-state index contributed by atoms with van der Waals surface area (Å²) in [6.45, 7) is 1.43. The summed E-state index contributed by atoms with van der Waals surface area (Å²) in [5.41, 5.74) is 0.344. The van der Waals surface area contributed by atoms with Gasteiger partial charge >= 0.3 is 6.18 Å². The molecule has 0 aliphatic carbocycles. The molecule has 1 heterocycles. The van der Waals surface area contributed by atoms with Gasteiger partial charge in [0.25, 0.3) is 0 Å². The average molecular weight is 256 g/mol. The van der Waals surface area contributed by atoms with Crippen LogP contribution in [0.25, 0.3) is 11.3 Å². The number of hydrogen-bond donors (Lipinski definition) is 1. The lowest BCUT2D eigenvalue weighted by molar-refractivity contribution is -0.137. The Hall–Kier alpha value is -1.75. The van der Waals surface area contributed by atoms with Gasteiger partial charge in [-0.05, 0) is 36.8 Å². The largest absolute Gasteiger partial charge is 0.459 e. The summed E-state index contributed by atoms with van der Waals surface area (Å²) >= 11 is 0. The summed E-state index contributed by atoms with van der Waals surface area (Å²) in [5.74, 6) is 0.643. The van der Waals surface area contributed by atoms with Gasteiger partial charge in [0.2, 0.25) is 0 Å². The van der Waals surface area contributed by atoms with E-state index < -0.39 is 11.7 Å². The standard InChI is InChI=1S/C13H11F3O2/c1-8-2-3-9(13(14,15)16)6-11(8)12-5-4-10(7-17)18-12/h2-6,17H,7H2,1H3. The second kappa shape index (κ2) is 4.49. The summed E-state index contributed by atoms with van der Waals surface area (Å²) in [7, 11) is 0. The van der Waals surface area contributed by atoms with E-state index in [9.17, 15) is 13.2 Å². The molecular weight excluding hydrogens is 245 g/mol. The zero-order valence-corrected chi connectivity index (χ0v) is 9.58. The molecule has 18 heavy (non-hydrogen) atoms. The van der Waals surface area contributed by atoms with Crippen molar-refractivity contribution in [2.24, 2.45) is 0 Å². The van der Waals surface area contributed by atoms with E-state index >= 15 is 0 Å². The fourth-order valence-electron chi connectivity index (χ4n) is 1.67. The van der Waals surface area contributed by atoms with Crippen LogP contribution in [-0.4, -0.2) is 5.11 Å². The molecule has 2 aromatic rings. The summed E-state index contributed by atoms with van der Waals surface area (Å²) in [4.78, 5) is 0. The lowest BCUT2D eigenvalue weighted by Crippen LogP contribution is -2.05. The fourth-order valence-corrected chi connectivity index (χ4v) is 1.67. The molecule has 1 N–H and O–H groups in total. The van der Waals surface area contributed by atoms with Crippen LogP contribution in [0.2, 0.25) is 0 Å². The topological polar surface area (TPSA) is 33.4 Å². The Balaban J connectivity index is 2.49. The molecule has 0 aliphatic rings. The molecule has 5 heteroatoms. The lowest BCUT2D eigenvalue weighted by atomic mass is 10.0. The van der Waals surface area contributed by atoms with Crippen molar-refractivity contribution in [1.82, 2.24) is 0 Å². The second-order valence-electron chi connectivity index (χ2n) is 3.95. The van der Waals surface area contributed by atoms with Gasteiger partial charge in [-0.1, -0.05) is 6.07 Å². The molecule has 0 aliphatic heterocycles. The molecular formula is C13H11F3O2. The van der Waals surface area contributed by atoms with Crippen molar-refractivity contribution >= 4 is 0 Å². The first-order valence-electron chi connectivity index (χ1n) is 5.29. The van der Waals surface area contributed by atoms with Crippen molar-refractivity contribution in [2.75, 3.05) is 0 Å². The number of aliphatic hydroxyl groups excluding tert-OH is 1. The molecule has 2 rings (SSSR count). The monoisotopic (exact) mass is 256 g/mol. The molecule has 0 spiro atoms. The molecule has 0 radical (unpaired) electrons. The third kappa shape index (κ3) is 2.41. The maximum atomic E-state index is 12.6. The molecule has 0 atom stereocenters. The first kappa shape index (κ1) is 12.7. The van der Waals surface area contributed by atoms with Crippen molar-refractivity contribution in [2.45, 2.75) is 19.7 Å². The number of rotatable bonds is 2. The van der Waals surface area contributed by atoms with Crippen molar-refractivity contribution in [3.05, 3.63) is 47.2 Å². The Labute approximate surface area is 102 Å². The van der Waals surface area contributed by atoms with Crippen LogP contribution in [0, 0.1) is 6.92 Å². The van der Waals surface area contributed by atoms with Crippen molar-refractivity contribution < 1.29 is 22.7 Å². The molecule has 0 bridgehead atoms. The van der Waals surface area contributed by atoms with Gasteiger partial charge < -0.3 is 9.52 Å². The Morgan fingerprint density at radius 3 is 2.44 bits per heavy atom. The van der Waals surface area contributed by atoms with E-state index in [1.165, 1.54) is 12.1 Å². The average Bonchev–Trinajstić information content (AvgIpc) is 2.76. The number of hydrogen-bond acceptors (Lipinski definition) is 2. The van der Waals surface area contributed by atoms with E-state index in [-0.39, 0.29) is 6.61 Å². The number of furan rings is 1. The van der Waals surface area contributed by atoms with Gasteiger partial charge in [-0.15, -0.1) is 0 Å². The normalized spacial score (nSPS) is 11.8. The zero-order valence-electron chi connectivity index (χ0n) is 9.58. The van der Waals surface area contributed by atoms with Gasteiger partial charge in [-0.25, -0.2) is 0 Å². The van der Waals surface area contributed by atoms with Crippen LogP contribution in [0.1, 0.15) is 16.9 Å². The number of halogens is 3. The maximum Gasteiger partial charge on any atom is 0.416 e. The van der Waals surface area contributed by atoms with E-state index in [0.29, 0.717) is 22.6 Å². The Bertz CT molecular complexity index is 556. The number of alkyl halides is 3. The third-order valence-corrected chi connectivity index (χ3v) is 2.65. The fraction of sp³-hybridized carbons (Fsp3) is 0.231. The summed E-state index contributed by atoms with van der Waals surface area (Å²) in [5, 5.41) is 8.88. The van der Waals surface area contributed by atoms with Crippen LogP contribution in [0.5, 0.6) is 0 Å². The SMILES string of the molecule is Cc1ccc(C(F)(F)F)cc1-c1ccc(CO)o1. The van der Waals surface area contributed by atoms with E-state index in [4.69, 9.17) is 9.52 Å². The molecule has 1 aromatic heterocycles. The minimum Gasteiger partial charge on any atom is -0.459 e. The molecule has 0 fully saturated rings. The number of benzene rings is 1. The van der Waals surface area contributed by atoms with Gasteiger partial charge in [-0.2, -0.15) is 13.2 Å². The molecule has 0 unspecified atom stereocenters. The molecule has 0 saturated heterocycles. The van der Waals surface area contributed by atoms with Gasteiger partial charge in [0.05, 0.1) is 5.56 Å². The van der Waals surface area contributed by atoms with Crippen molar-refractivity contribution in [1.29, 1.82) is 0 Å². The van der Waals surface area contributed by atoms with E-state index in [2.05, 4.69) is 0 Å². The smallest absolute Gasteiger partial charge is 0.416 e. The molecule has 96 valence electrons. The highest BCUT2D eigenvalue weighted by atomic mass is 19.4. The summed E-state index contributed by atoms with van der Waals surface area (Å²) in [6, 6.07) is 6.58. The van der Waals surface area contributed by atoms with Crippen LogP contribution in [-0.2, 0) is 12.8 Å². The van der Waals surface area contributed by atoms with E-state index in [0.717, 1.165) is 12.1 Å². The van der Waals surface area contributed by atoms with Crippen LogP contribution < -0.4 is 0 Å². The van der Waals surface area contributed by atoms with Gasteiger partial charge in [-0.3, -0.25) is 0 Å². The molecule has 0 amide bonds. The Kier molecular flexibility index (Phi) is 3.17. The maximum absolute atomic E-state index is 12.6. The highest BCUT2D eigenvalue weighted by Crippen LogP contribution is 2.34. The lowest BCUT2D eigenvalue weighted by Gasteiger charge is -2.09. The quantitative estimate of drug-likeness (QED) is 0.887. The number of aryl methyl sites for hydroxylation is 1.